The van der Waals surface area contributed by atoms with Gasteiger partial charge in [0.2, 0.25) is 0 Å². The topological polar surface area (TPSA) is 68.8 Å². The van der Waals surface area contributed by atoms with Crippen molar-refractivity contribution in [1.29, 1.82) is 0 Å². The highest BCUT2D eigenvalue weighted by Crippen LogP contribution is 2.36. The van der Waals surface area contributed by atoms with E-state index in [1.54, 1.807) is 0 Å². The zero-order valence-corrected chi connectivity index (χ0v) is 11.5. The minimum Gasteiger partial charge on any atom is -0.271 e. The molecule has 0 radical (unpaired) electrons. The lowest BCUT2D eigenvalue weighted by molar-refractivity contribution is 0.225. The van der Waals surface area contributed by atoms with Crippen molar-refractivity contribution < 1.29 is 0 Å². The third kappa shape index (κ3) is 2.90. The maximum atomic E-state index is 5.78. The second-order valence-electron chi connectivity index (χ2n) is 5.55. The number of rotatable bonds is 5. The molecule has 0 amide bonds. The van der Waals surface area contributed by atoms with Gasteiger partial charge >= 0.3 is 0 Å². The molecule has 5 nitrogen and oxygen atoms in total. The molecule has 1 fully saturated rings. The first kappa shape index (κ1) is 13.5. The second-order valence-corrected chi connectivity index (χ2v) is 5.55. The van der Waals surface area contributed by atoms with Gasteiger partial charge in [0, 0.05) is 6.54 Å². The average Bonchev–Trinajstić information content (AvgIpc) is 2.82. The summed E-state index contributed by atoms with van der Waals surface area (Å²) in [5.41, 5.74) is 4.12. The number of hydrazine groups is 1. The van der Waals surface area contributed by atoms with E-state index in [0.29, 0.717) is 5.92 Å². The molecule has 3 N–H and O–H groups in total. The van der Waals surface area contributed by atoms with E-state index in [9.17, 15) is 0 Å². The number of aryl methyl sites for hydroxylation is 1. The molecular formula is C13H25N5. The van der Waals surface area contributed by atoms with Crippen molar-refractivity contribution in [2.24, 2.45) is 17.7 Å². The van der Waals surface area contributed by atoms with E-state index in [4.69, 9.17) is 5.84 Å². The Morgan fingerprint density at radius 2 is 2.17 bits per heavy atom. The maximum absolute atomic E-state index is 5.78. The number of nitrogens with one attached hydrogen (secondary N) is 1. The van der Waals surface area contributed by atoms with Gasteiger partial charge in [0.25, 0.3) is 0 Å². The Morgan fingerprint density at radius 1 is 1.44 bits per heavy atom. The van der Waals surface area contributed by atoms with Gasteiger partial charge in [0.05, 0.1) is 17.9 Å². The van der Waals surface area contributed by atoms with E-state index >= 15 is 0 Å². The van der Waals surface area contributed by atoms with Crippen LogP contribution >= 0.6 is 0 Å². The number of aromatic nitrogens is 3. The molecule has 1 aromatic heterocycles. The lowest BCUT2D eigenvalue weighted by Crippen LogP contribution is -2.36. The predicted octanol–water partition coefficient (Wildman–Crippen LogP) is 2.02. The fraction of sp³-hybridized carbons (Fsp3) is 0.846. The third-order valence-electron chi connectivity index (χ3n) is 4.11. The molecule has 0 spiro atoms. The van der Waals surface area contributed by atoms with Gasteiger partial charge in [-0.3, -0.25) is 11.3 Å². The van der Waals surface area contributed by atoms with Crippen LogP contribution in [0.1, 0.15) is 57.7 Å². The second kappa shape index (κ2) is 6.29. The minimum absolute atomic E-state index is 0.194. The minimum atomic E-state index is 0.194. The molecule has 1 atom stereocenters. The van der Waals surface area contributed by atoms with Crippen LogP contribution in [-0.2, 0) is 6.54 Å². The summed E-state index contributed by atoms with van der Waals surface area (Å²) in [6.45, 7) is 5.40. The van der Waals surface area contributed by atoms with Gasteiger partial charge in [-0.1, -0.05) is 31.9 Å². The van der Waals surface area contributed by atoms with Gasteiger partial charge in [-0.25, -0.2) is 4.68 Å². The molecule has 0 aliphatic heterocycles. The van der Waals surface area contributed by atoms with E-state index in [1.165, 1.54) is 25.7 Å². The summed E-state index contributed by atoms with van der Waals surface area (Å²) in [7, 11) is 0. The molecule has 2 rings (SSSR count). The molecule has 102 valence electrons. The first-order valence-electron chi connectivity index (χ1n) is 7.10. The van der Waals surface area contributed by atoms with Crippen molar-refractivity contribution >= 4 is 0 Å². The molecule has 0 aromatic carbocycles. The largest absolute Gasteiger partial charge is 0.271 e. The lowest BCUT2D eigenvalue weighted by Gasteiger charge is -2.32. The van der Waals surface area contributed by atoms with Crippen LogP contribution in [0.2, 0.25) is 0 Å². The van der Waals surface area contributed by atoms with Gasteiger partial charge < -0.3 is 0 Å². The van der Waals surface area contributed by atoms with E-state index in [1.807, 2.05) is 10.9 Å². The zero-order chi connectivity index (χ0) is 13.0. The van der Waals surface area contributed by atoms with Crippen molar-refractivity contribution in [3.8, 4) is 0 Å². The van der Waals surface area contributed by atoms with Gasteiger partial charge in [-0.2, -0.15) is 0 Å². The number of hydrogen-bond acceptors (Lipinski definition) is 4. The van der Waals surface area contributed by atoms with Crippen LogP contribution in [0.15, 0.2) is 6.20 Å². The number of nitrogens with zero attached hydrogens (tertiary/aromatic N) is 3. The Hall–Kier alpha value is -0.940. The van der Waals surface area contributed by atoms with E-state index in [0.717, 1.165) is 24.6 Å². The molecule has 1 unspecified atom stereocenters. The average molecular weight is 251 g/mol. The monoisotopic (exact) mass is 251 g/mol. The summed E-state index contributed by atoms with van der Waals surface area (Å²) in [5, 5.41) is 8.19. The SMILES string of the molecule is CCCn1nncc1C(NN)C1CCC(C)CC1. The fourth-order valence-electron chi connectivity index (χ4n) is 2.97. The first-order chi connectivity index (χ1) is 8.76. The highest BCUT2D eigenvalue weighted by molar-refractivity contribution is 5.04. The molecule has 1 saturated carbocycles. The summed E-state index contributed by atoms with van der Waals surface area (Å²) in [6.07, 6.45) is 8.02. The summed E-state index contributed by atoms with van der Waals surface area (Å²) >= 11 is 0. The molecule has 0 bridgehead atoms. The van der Waals surface area contributed by atoms with Crippen LogP contribution in [-0.4, -0.2) is 15.0 Å². The van der Waals surface area contributed by atoms with Gasteiger partial charge in [-0.15, -0.1) is 5.10 Å². The molecule has 18 heavy (non-hydrogen) atoms. The molecule has 1 aliphatic carbocycles. The summed E-state index contributed by atoms with van der Waals surface area (Å²) in [6, 6.07) is 0.194. The van der Waals surface area contributed by atoms with E-state index in [2.05, 4.69) is 29.6 Å². The van der Waals surface area contributed by atoms with Crippen LogP contribution in [0.5, 0.6) is 0 Å². The number of hydrogen-bond donors (Lipinski definition) is 2. The highest BCUT2D eigenvalue weighted by Gasteiger charge is 2.28. The normalized spacial score (nSPS) is 26.2. The Balaban J connectivity index is 2.09. The quantitative estimate of drug-likeness (QED) is 0.620. The van der Waals surface area contributed by atoms with Crippen molar-refractivity contribution in [2.75, 3.05) is 0 Å². The highest BCUT2D eigenvalue weighted by atomic mass is 15.4. The van der Waals surface area contributed by atoms with Crippen LogP contribution < -0.4 is 11.3 Å². The zero-order valence-electron chi connectivity index (χ0n) is 11.5. The Morgan fingerprint density at radius 3 is 2.78 bits per heavy atom. The summed E-state index contributed by atoms with van der Waals surface area (Å²) in [4.78, 5) is 0. The first-order valence-corrected chi connectivity index (χ1v) is 7.10. The van der Waals surface area contributed by atoms with E-state index in [-0.39, 0.29) is 6.04 Å². The standard InChI is InChI=1S/C13H25N5/c1-3-8-18-12(9-15-17-18)13(16-14)11-6-4-10(2)5-7-11/h9-11,13,16H,3-8,14H2,1-2H3. The molecule has 0 saturated heterocycles. The molecule has 1 heterocycles. The van der Waals surface area contributed by atoms with Gasteiger partial charge in [0.15, 0.2) is 0 Å². The van der Waals surface area contributed by atoms with Crippen LogP contribution in [0, 0.1) is 11.8 Å². The van der Waals surface area contributed by atoms with Crippen molar-refractivity contribution in [1.82, 2.24) is 20.4 Å². The van der Waals surface area contributed by atoms with Crippen molar-refractivity contribution in [3.63, 3.8) is 0 Å². The van der Waals surface area contributed by atoms with Crippen LogP contribution in [0.3, 0.4) is 0 Å². The lowest BCUT2D eigenvalue weighted by atomic mass is 9.78. The third-order valence-corrected chi connectivity index (χ3v) is 4.11. The van der Waals surface area contributed by atoms with Gasteiger partial charge in [-0.05, 0) is 31.1 Å². The number of nitrogens with two attached hydrogens (primary N) is 1. The smallest absolute Gasteiger partial charge is 0.0772 e. The molecular weight excluding hydrogens is 226 g/mol. The molecule has 1 aliphatic rings. The Bertz CT molecular complexity index is 354. The fourth-order valence-corrected chi connectivity index (χ4v) is 2.97. The summed E-state index contributed by atoms with van der Waals surface area (Å²) < 4.78 is 1.99. The van der Waals surface area contributed by atoms with Crippen molar-refractivity contribution in [2.45, 2.75) is 58.5 Å². The van der Waals surface area contributed by atoms with Gasteiger partial charge in [0.1, 0.15) is 0 Å². The van der Waals surface area contributed by atoms with Crippen molar-refractivity contribution in [3.05, 3.63) is 11.9 Å². The predicted molar refractivity (Wildman–Crippen MR) is 71.5 cm³/mol. The van der Waals surface area contributed by atoms with Crippen LogP contribution in [0.25, 0.3) is 0 Å². The summed E-state index contributed by atoms with van der Waals surface area (Å²) in [5.74, 6) is 7.25. The Labute approximate surface area is 109 Å². The Kier molecular flexibility index (Phi) is 4.72. The van der Waals surface area contributed by atoms with E-state index < -0.39 is 0 Å². The maximum Gasteiger partial charge on any atom is 0.0772 e. The van der Waals surface area contributed by atoms with Crippen LogP contribution in [0.4, 0.5) is 0 Å². The molecule has 1 aromatic rings. The molecule has 5 heteroatoms.